The number of hydrogen-bond donors (Lipinski definition) is 0. The van der Waals surface area contributed by atoms with E-state index in [1.54, 1.807) is 23.9 Å². The first-order valence-corrected chi connectivity index (χ1v) is 10.2. The van der Waals surface area contributed by atoms with Gasteiger partial charge in [0.15, 0.2) is 9.84 Å². The average Bonchev–Trinajstić information content (AvgIpc) is 3.09. The van der Waals surface area contributed by atoms with Crippen molar-refractivity contribution in [1.29, 1.82) is 0 Å². The molecule has 1 aliphatic heterocycles. The van der Waals surface area contributed by atoms with Gasteiger partial charge in [0.2, 0.25) is 5.88 Å². The van der Waals surface area contributed by atoms with E-state index < -0.39 is 15.8 Å². The van der Waals surface area contributed by atoms with Crippen molar-refractivity contribution in [3.05, 3.63) is 28.3 Å². The summed E-state index contributed by atoms with van der Waals surface area (Å²) < 4.78 is 32.1. The molecule has 0 fully saturated rings. The van der Waals surface area contributed by atoms with Crippen LogP contribution < -0.4 is 4.74 Å². The van der Waals surface area contributed by atoms with Gasteiger partial charge in [0.25, 0.3) is 0 Å². The van der Waals surface area contributed by atoms with E-state index in [1.807, 2.05) is 20.8 Å². The summed E-state index contributed by atoms with van der Waals surface area (Å²) in [4.78, 5) is 12.9. The van der Waals surface area contributed by atoms with Crippen molar-refractivity contribution in [2.45, 2.75) is 50.3 Å². The van der Waals surface area contributed by atoms with E-state index in [0.29, 0.717) is 33.5 Å². The SMILES string of the molecule is CCn1nccc1OC(=O)c1sc2c(c1C)C(C)(C)CCS2(=O)=O. The van der Waals surface area contributed by atoms with Crippen molar-refractivity contribution in [2.75, 3.05) is 5.75 Å². The van der Waals surface area contributed by atoms with Gasteiger partial charge in [0.05, 0.1) is 11.9 Å². The van der Waals surface area contributed by atoms with Crippen LogP contribution in [0.3, 0.4) is 0 Å². The second-order valence-corrected chi connectivity index (χ2v) is 9.87. The molecule has 0 spiro atoms. The summed E-state index contributed by atoms with van der Waals surface area (Å²) in [5, 5.41) is 4.06. The number of fused-ring (bicyclic) bond motifs is 1. The number of sulfone groups is 1. The number of aryl methyl sites for hydroxylation is 1. The van der Waals surface area contributed by atoms with Gasteiger partial charge < -0.3 is 4.74 Å². The summed E-state index contributed by atoms with van der Waals surface area (Å²) in [6, 6.07) is 1.62. The van der Waals surface area contributed by atoms with Crippen LogP contribution in [0.1, 0.15) is 48.0 Å². The zero-order chi connectivity index (χ0) is 17.7. The van der Waals surface area contributed by atoms with Gasteiger partial charge in [-0.25, -0.2) is 17.9 Å². The van der Waals surface area contributed by atoms with Gasteiger partial charge in [-0.05, 0) is 36.8 Å². The van der Waals surface area contributed by atoms with Gasteiger partial charge in [0.1, 0.15) is 9.09 Å². The number of hydrogen-bond acceptors (Lipinski definition) is 6. The molecule has 6 nitrogen and oxygen atoms in total. The third-order valence-electron chi connectivity index (χ3n) is 4.43. The van der Waals surface area contributed by atoms with Crippen molar-refractivity contribution < 1.29 is 17.9 Å². The molecule has 0 saturated heterocycles. The highest BCUT2D eigenvalue weighted by molar-refractivity contribution is 7.93. The van der Waals surface area contributed by atoms with E-state index in [-0.39, 0.29) is 11.2 Å². The molecule has 0 aliphatic carbocycles. The number of carbonyl (C=O) groups is 1. The topological polar surface area (TPSA) is 78.3 Å². The molecule has 0 amide bonds. The molecule has 0 aromatic carbocycles. The van der Waals surface area contributed by atoms with E-state index in [4.69, 9.17) is 4.74 Å². The van der Waals surface area contributed by atoms with E-state index in [0.717, 1.165) is 16.9 Å². The third-order valence-corrected chi connectivity index (χ3v) is 8.02. The summed E-state index contributed by atoms with van der Waals surface area (Å²) in [6.07, 6.45) is 2.11. The van der Waals surface area contributed by atoms with Crippen molar-refractivity contribution in [3.8, 4) is 5.88 Å². The standard InChI is InChI=1S/C16H20N2O4S2/c1-5-18-11(6-8-17-18)22-14(19)13-10(2)12-15(23-13)24(20,21)9-7-16(12,3)4/h6,8H,5,7,9H2,1-4H3. The maximum atomic E-state index is 12.6. The van der Waals surface area contributed by atoms with Crippen LogP contribution in [0.15, 0.2) is 16.5 Å². The molecule has 0 radical (unpaired) electrons. The van der Waals surface area contributed by atoms with Crippen LogP contribution in [-0.4, -0.2) is 29.9 Å². The van der Waals surface area contributed by atoms with E-state index >= 15 is 0 Å². The summed E-state index contributed by atoms with van der Waals surface area (Å²) in [7, 11) is -3.33. The number of esters is 1. The Labute approximate surface area is 145 Å². The van der Waals surface area contributed by atoms with Gasteiger partial charge in [-0.2, -0.15) is 5.10 Å². The molecule has 0 N–H and O–H groups in total. The highest BCUT2D eigenvalue weighted by atomic mass is 32.2. The minimum atomic E-state index is -3.33. The fourth-order valence-corrected chi connectivity index (χ4v) is 6.89. The average molecular weight is 368 g/mol. The lowest BCUT2D eigenvalue weighted by atomic mass is 9.81. The van der Waals surface area contributed by atoms with Crippen molar-refractivity contribution >= 4 is 27.1 Å². The maximum absolute atomic E-state index is 12.6. The number of aromatic nitrogens is 2. The quantitative estimate of drug-likeness (QED) is 0.778. The monoisotopic (exact) mass is 368 g/mol. The molecule has 3 heterocycles. The fourth-order valence-electron chi connectivity index (χ4n) is 3.08. The maximum Gasteiger partial charge on any atom is 0.355 e. The van der Waals surface area contributed by atoms with Crippen LogP contribution in [0.4, 0.5) is 0 Å². The molecule has 0 unspecified atom stereocenters. The van der Waals surface area contributed by atoms with Crippen molar-refractivity contribution in [2.24, 2.45) is 0 Å². The number of ether oxygens (including phenoxy) is 1. The van der Waals surface area contributed by atoms with Crippen LogP contribution in [0.2, 0.25) is 0 Å². The van der Waals surface area contributed by atoms with Gasteiger partial charge in [0, 0.05) is 12.6 Å². The van der Waals surface area contributed by atoms with Crippen LogP contribution in [0.25, 0.3) is 0 Å². The molecule has 0 bridgehead atoms. The van der Waals surface area contributed by atoms with Crippen molar-refractivity contribution in [3.63, 3.8) is 0 Å². The predicted molar refractivity (Wildman–Crippen MR) is 91.6 cm³/mol. The smallest absolute Gasteiger partial charge is 0.355 e. The Hall–Kier alpha value is -1.67. The molecular weight excluding hydrogens is 348 g/mol. The van der Waals surface area contributed by atoms with Gasteiger partial charge >= 0.3 is 5.97 Å². The minimum Gasteiger partial charge on any atom is -0.404 e. The second kappa shape index (κ2) is 5.70. The lowest BCUT2D eigenvalue weighted by molar-refractivity contribution is 0.0723. The molecule has 1 aliphatic rings. The number of thiophene rings is 1. The Morgan fingerprint density at radius 3 is 2.79 bits per heavy atom. The molecule has 130 valence electrons. The van der Waals surface area contributed by atoms with Crippen LogP contribution >= 0.6 is 11.3 Å². The second-order valence-electron chi connectivity index (χ2n) is 6.55. The van der Waals surface area contributed by atoms with Gasteiger partial charge in [-0.3, -0.25) is 0 Å². The van der Waals surface area contributed by atoms with Crippen LogP contribution in [-0.2, 0) is 21.8 Å². The summed E-state index contributed by atoms with van der Waals surface area (Å²) >= 11 is 1.02. The van der Waals surface area contributed by atoms with Crippen molar-refractivity contribution in [1.82, 2.24) is 9.78 Å². The molecule has 0 atom stereocenters. The zero-order valence-corrected chi connectivity index (χ0v) is 15.8. The summed E-state index contributed by atoms with van der Waals surface area (Å²) in [6.45, 7) is 8.31. The molecule has 3 rings (SSSR count). The first-order valence-electron chi connectivity index (χ1n) is 7.78. The van der Waals surface area contributed by atoms with E-state index in [2.05, 4.69) is 5.10 Å². The Morgan fingerprint density at radius 1 is 1.46 bits per heavy atom. The predicted octanol–water partition coefficient (Wildman–Crippen LogP) is 2.95. The Kier molecular flexibility index (Phi) is 4.08. The van der Waals surface area contributed by atoms with Gasteiger partial charge in [-0.1, -0.05) is 13.8 Å². The molecule has 24 heavy (non-hydrogen) atoms. The normalized spacial score (nSPS) is 18.2. The van der Waals surface area contributed by atoms with Crippen LogP contribution in [0.5, 0.6) is 5.88 Å². The molecule has 2 aromatic heterocycles. The number of carbonyl (C=O) groups excluding carboxylic acids is 1. The third kappa shape index (κ3) is 2.67. The summed E-state index contributed by atoms with van der Waals surface area (Å²) in [5.41, 5.74) is 1.19. The Morgan fingerprint density at radius 2 is 2.17 bits per heavy atom. The fraction of sp³-hybridized carbons (Fsp3) is 0.500. The molecule has 0 saturated carbocycles. The molecule has 2 aromatic rings. The first-order chi connectivity index (χ1) is 11.2. The lowest BCUT2D eigenvalue weighted by Gasteiger charge is -2.30. The van der Waals surface area contributed by atoms with Crippen LogP contribution in [0, 0.1) is 6.92 Å². The lowest BCUT2D eigenvalue weighted by Crippen LogP contribution is -2.29. The van der Waals surface area contributed by atoms with E-state index in [9.17, 15) is 13.2 Å². The largest absolute Gasteiger partial charge is 0.404 e. The Bertz CT molecular complexity index is 907. The minimum absolute atomic E-state index is 0.115. The summed E-state index contributed by atoms with van der Waals surface area (Å²) in [5.74, 6) is -0.0622. The first kappa shape index (κ1) is 17.2. The highest BCUT2D eigenvalue weighted by Gasteiger charge is 2.41. The van der Waals surface area contributed by atoms with Gasteiger partial charge in [-0.15, -0.1) is 11.3 Å². The number of nitrogens with zero attached hydrogens (tertiary/aromatic N) is 2. The number of rotatable bonds is 3. The Balaban J connectivity index is 2.04. The van der Waals surface area contributed by atoms with E-state index in [1.165, 1.54) is 0 Å². The zero-order valence-electron chi connectivity index (χ0n) is 14.1. The highest BCUT2D eigenvalue weighted by Crippen LogP contribution is 2.45. The molecular formula is C16H20N2O4S2. The molecule has 8 heteroatoms.